The number of aliphatic imine (C=N–C) groups is 1. The quantitative estimate of drug-likeness (QED) is 0.549. The van der Waals surface area contributed by atoms with Crippen LogP contribution in [0, 0.1) is 5.92 Å². The topological polar surface area (TPSA) is 64.7 Å². The van der Waals surface area contributed by atoms with E-state index < -0.39 is 11.7 Å². The van der Waals surface area contributed by atoms with Crippen LogP contribution < -0.4 is 5.73 Å². The maximum atomic E-state index is 11.2. The predicted molar refractivity (Wildman–Crippen MR) is 57.3 cm³/mol. The van der Waals surface area contributed by atoms with Crippen LogP contribution in [-0.4, -0.2) is 17.5 Å². The summed E-state index contributed by atoms with van der Waals surface area (Å²) < 4.78 is 4.98. The lowest BCUT2D eigenvalue weighted by Gasteiger charge is -2.17. The lowest BCUT2D eigenvalue weighted by molar-refractivity contribution is 0.0604. The van der Waals surface area contributed by atoms with E-state index in [0.717, 1.165) is 0 Å². The molecule has 0 aliphatic carbocycles. The fourth-order valence-electron chi connectivity index (χ4n) is 0.866. The Hall–Kier alpha value is -1.06. The summed E-state index contributed by atoms with van der Waals surface area (Å²) >= 11 is 0. The van der Waals surface area contributed by atoms with Crippen molar-refractivity contribution in [3.63, 3.8) is 0 Å². The van der Waals surface area contributed by atoms with E-state index in [1.165, 1.54) is 0 Å². The SMILES string of the molecule is CC(C)C/C(N)=N/C(=O)OC(C)(C)C. The molecule has 0 saturated heterocycles. The summed E-state index contributed by atoms with van der Waals surface area (Å²) in [6, 6.07) is 0. The number of nitrogens with two attached hydrogens (primary N) is 1. The third-order valence-electron chi connectivity index (χ3n) is 1.25. The van der Waals surface area contributed by atoms with E-state index in [1.807, 2.05) is 13.8 Å². The molecule has 0 unspecified atom stereocenters. The molecule has 1 amide bonds. The minimum Gasteiger partial charge on any atom is -0.442 e. The van der Waals surface area contributed by atoms with Crippen molar-refractivity contribution in [2.45, 2.75) is 46.6 Å². The molecule has 0 atom stereocenters. The molecule has 0 rings (SSSR count). The van der Waals surface area contributed by atoms with Gasteiger partial charge >= 0.3 is 6.09 Å². The Bertz CT molecular complexity index is 227. The monoisotopic (exact) mass is 200 g/mol. The van der Waals surface area contributed by atoms with Gasteiger partial charge in [-0.2, -0.15) is 4.99 Å². The molecular formula is C10H20N2O2. The van der Waals surface area contributed by atoms with Crippen molar-refractivity contribution in [1.82, 2.24) is 0 Å². The van der Waals surface area contributed by atoms with Gasteiger partial charge in [-0.3, -0.25) is 0 Å². The molecule has 4 nitrogen and oxygen atoms in total. The van der Waals surface area contributed by atoms with Gasteiger partial charge in [-0.15, -0.1) is 0 Å². The lowest BCUT2D eigenvalue weighted by Crippen LogP contribution is -2.24. The molecule has 0 bridgehead atoms. The van der Waals surface area contributed by atoms with Crippen molar-refractivity contribution in [2.24, 2.45) is 16.6 Å². The first-order valence-corrected chi connectivity index (χ1v) is 4.76. The molecular weight excluding hydrogens is 180 g/mol. The van der Waals surface area contributed by atoms with Crippen LogP contribution in [0.3, 0.4) is 0 Å². The first-order valence-electron chi connectivity index (χ1n) is 4.76. The molecule has 82 valence electrons. The molecule has 14 heavy (non-hydrogen) atoms. The Kier molecular flexibility index (Phi) is 4.60. The summed E-state index contributed by atoms with van der Waals surface area (Å²) in [5.74, 6) is 0.718. The van der Waals surface area contributed by atoms with E-state index in [1.54, 1.807) is 20.8 Å². The largest absolute Gasteiger partial charge is 0.442 e. The van der Waals surface area contributed by atoms with Gasteiger partial charge in [-0.1, -0.05) is 13.8 Å². The van der Waals surface area contributed by atoms with Crippen LogP contribution >= 0.6 is 0 Å². The predicted octanol–water partition coefficient (Wildman–Crippen LogP) is 2.32. The zero-order valence-electron chi connectivity index (χ0n) is 9.63. The van der Waals surface area contributed by atoms with E-state index >= 15 is 0 Å². The highest BCUT2D eigenvalue weighted by molar-refractivity contribution is 5.90. The Balaban J connectivity index is 4.16. The molecule has 0 fully saturated rings. The molecule has 4 heteroatoms. The third-order valence-corrected chi connectivity index (χ3v) is 1.25. The highest BCUT2D eigenvalue weighted by atomic mass is 16.6. The molecule has 0 radical (unpaired) electrons. The van der Waals surface area contributed by atoms with Crippen molar-refractivity contribution in [3.8, 4) is 0 Å². The lowest BCUT2D eigenvalue weighted by atomic mass is 10.1. The summed E-state index contributed by atoms with van der Waals surface area (Å²) in [4.78, 5) is 14.8. The maximum absolute atomic E-state index is 11.2. The standard InChI is InChI=1S/C10H20N2O2/c1-7(2)6-8(11)12-9(13)14-10(3,4)5/h7H,6H2,1-5H3,(H2,11,12,13). The zero-order chi connectivity index (χ0) is 11.4. The minimum absolute atomic E-state index is 0.328. The van der Waals surface area contributed by atoms with Crippen LogP contribution in [0.5, 0.6) is 0 Å². The zero-order valence-corrected chi connectivity index (χ0v) is 9.63. The van der Waals surface area contributed by atoms with Crippen molar-refractivity contribution in [2.75, 3.05) is 0 Å². The van der Waals surface area contributed by atoms with Crippen molar-refractivity contribution < 1.29 is 9.53 Å². The number of hydrogen-bond acceptors (Lipinski definition) is 2. The van der Waals surface area contributed by atoms with Crippen LogP contribution in [0.4, 0.5) is 4.79 Å². The minimum atomic E-state index is -0.615. The van der Waals surface area contributed by atoms with E-state index in [2.05, 4.69) is 4.99 Å². The Labute approximate surface area is 85.5 Å². The molecule has 0 spiro atoms. The van der Waals surface area contributed by atoms with Gasteiger partial charge in [0.2, 0.25) is 0 Å². The highest BCUT2D eigenvalue weighted by Gasteiger charge is 2.15. The molecule has 2 N–H and O–H groups in total. The van der Waals surface area contributed by atoms with Gasteiger partial charge in [0.1, 0.15) is 11.4 Å². The van der Waals surface area contributed by atoms with Gasteiger partial charge in [0.25, 0.3) is 0 Å². The number of amidine groups is 1. The third kappa shape index (κ3) is 7.58. The van der Waals surface area contributed by atoms with Gasteiger partial charge in [-0.05, 0) is 26.7 Å². The number of amides is 1. The van der Waals surface area contributed by atoms with Crippen LogP contribution in [0.25, 0.3) is 0 Å². The highest BCUT2D eigenvalue weighted by Crippen LogP contribution is 2.08. The molecule has 0 aliphatic rings. The normalized spacial score (nSPS) is 13.1. The Morgan fingerprint density at radius 3 is 2.29 bits per heavy atom. The summed E-state index contributed by atoms with van der Waals surface area (Å²) in [5.41, 5.74) is 5.03. The van der Waals surface area contributed by atoms with Gasteiger partial charge in [-0.25, -0.2) is 4.79 Å². The van der Waals surface area contributed by atoms with E-state index in [9.17, 15) is 4.79 Å². The summed E-state index contributed by atoms with van der Waals surface area (Å²) in [6.07, 6.45) is -0.00478. The number of nitrogens with zero attached hydrogens (tertiary/aromatic N) is 1. The molecule has 0 aromatic rings. The first-order chi connectivity index (χ1) is 6.20. The van der Waals surface area contributed by atoms with E-state index in [4.69, 9.17) is 10.5 Å². The van der Waals surface area contributed by atoms with Crippen molar-refractivity contribution >= 4 is 11.9 Å². The Morgan fingerprint density at radius 2 is 1.93 bits per heavy atom. The number of rotatable bonds is 2. The second kappa shape index (κ2) is 4.98. The van der Waals surface area contributed by atoms with Gasteiger partial charge in [0, 0.05) is 6.42 Å². The molecule has 0 aromatic heterocycles. The number of carbonyl (C=O) groups is 1. The molecule has 0 aliphatic heterocycles. The number of hydrogen-bond donors (Lipinski definition) is 1. The summed E-state index contributed by atoms with van der Waals surface area (Å²) in [6.45, 7) is 9.39. The Morgan fingerprint density at radius 1 is 1.43 bits per heavy atom. The van der Waals surface area contributed by atoms with Crippen molar-refractivity contribution in [1.29, 1.82) is 0 Å². The van der Waals surface area contributed by atoms with Crippen LogP contribution in [-0.2, 0) is 4.74 Å². The summed E-state index contributed by atoms with van der Waals surface area (Å²) in [7, 11) is 0. The smallest absolute Gasteiger partial charge is 0.435 e. The van der Waals surface area contributed by atoms with Crippen molar-refractivity contribution in [3.05, 3.63) is 0 Å². The first kappa shape index (κ1) is 12.9. The maximum Gasteiger partial charge on any atom is 0.435 e. The van der Waals surface area contributed by atoms with Gasteiger partial charge in [0.05, 0.1) is 0 Å². The average molecular weight is 200 g/mol. The molecule has 0 aromatic carbocycles. The van der Waals surface area contributed by atoms with Crippen LogP contribution in [0.2, 0.25) is 0 Å². The second-order valence-corrected chi connectivity index (χ2v) is 4.68. The van der Waals surface area contributed by atoms with Gasteiger partial charge in [0.15, 0.2) is 0 Å². The number of ether oxygens (including phenoxy) is 1. The van der Waals surface area contributed by atoms with Crippen LogP contribution in [0.15, 0.2) is 4.99 Å². The van der Waals surface area contributed by atoms with Crippen LogP contribution in [0.1, 0.15) is 41.0 Å². The van der Waals surface area contributed by atoms with E-state index in [0.29, 0.717) is 18.2 Å². The van der Waals surface area contributed by atoms with Gasteiger partial charge < -0.3 is 10.5 Å². The van der Waals surface area contributed by atoms with E-state index in [-0.39, 0.29) is 0 Å². The fourth-order valence-corrected chi connectivity index (χ4v) is 0.866. The molecule has 0 heterocycles. The second-order valence-electron chi connectivity index (χ2n) is 4.68. The number of carbonyl (C=O) groups excluding carboxylic acids is 1. The molecule has 0 saturated carbocycles. The summed E-state index contributed by atoms with van der Waals surface area (Å²) in [5, 5.41) is 0. The average Bonchev–Trinajstić information content (AvgIpc) is 1.77. The fraction of sp³-hybridized carbons (Fsp3) is 0.800.